The van der Waals surface area contributed by atoms with Crippen LogP contribution in [-0.2, 0) is 9.53 Å². The smallest absolute Gasteiger partial charge is 0.343 e. The van der Waals surface area contributed by atoms with Crippen LogP contribution in [0.1, 0.15) is 17.5 Å². The fraction of sp³-hybridized carbons (Fsp3) is 0.400. The molecule has 0 aliphatic heterocycles. The summed E-state index contributed by atoms with van der Waals surface area (Å²) in [5.41, 5.74) is 0.976. The quantitative estimate of drug-likeness (QED) is 0.382. The minimum atomic E-state index is -0.640. The molecule has 0 saturated heterocycles. The van der Waals surface area contributed by atoms with Crippen LogP contribution in [0.2, 0.25) is 0 Å². The van der Waals surface area contributed by atoms with Crippen LogP contribution >= 0.6 is 11.5 Å². The Bertz CT molecular complexity index is 491. The normalized spacial score (nSPS) is 13.3. The number of carbonyl (C=O) groups is 1. The van der Waals surface area contributed by atoms with E-state index in [0.717, 1.165) is 11.5 Å². The highest BCUT2D eigenvalue weighted by Gasteiger charge is 2.22. The molecule has 0 spiro atoms. The van der Waals surface area contributed by atoms with E-state index in [2.05, 4.69) is 19.3 Å². The van der Waals surface area contributed by atoms with Gasteiger partial charge in [-0.2, -0.15) is 0 Å². The first kappa shape index (κ1) is 13.3. The third kappa shape index (κ3) is 2.68. The minimum absolute atomic E-state index is 0.0316. The van der Waals surface area contributed by atoms with Gasteiger partial charge in [-0.15, -0.1) is 5.10 Å². The third-order valence-electron chi connectivity index (χ3n) is 2.19. The number of methoxy groups -OCH3 is 1. The van der Waals surface area contributed by atoms with Crippen LogP contribution in [0.25, 0.3) is 5.76 Å². The summed E-state index contributed by atoms with van der Waals surface area (Å²) in [4.78, 5) is 15.9. The molecule has 0 unspecified atom stereocenters. The zero-order valence-corrected chi connectivity index (χ0v) is 10.8. The lowest BCUT2D eigenvalue weighted by Gasteiger charge is -2.07. The van der Waals surface area contributed by atoms with E-state index in [1.807, 2.05) is 0 Å². The van der Waals surface area contributed by atoms with E-state index < -0.39 is 5.97 Å². The SMILES string of the molecule is CN=C(C)C(C(=O)OC)=C(O)c1snnc1C. The lowest BCUT2D eigenvalue weighted by molar-refractivity contribution is -0.135. The summed E-state index contributed by atoms with van der Waals surface area (Å²) in [5, 5.41) is 13.9. The monoisotopic (exact) mass is 255 g/mol. The molecule has 0 amide bonds. The summed E-state index contributed by atoms with van der Waals surface area (Å²) in [5.74, 6) is -0.842. The van der Waals surface area contributed by atoms with Crippen molar-refractivity contribution in [3.63, 3.8) is 0 Å². The maximum atomic E-state index is 11.6. The molecule has 0 saturated carbocycles. The molecule has 6 nitrogen and oxygen atoms in total. The van der Waals surface area contributed by atoms with Gasteiger partial charge in [-0.1, -0.05) is 4.49 Å². The van der Waals surface area contributed by atoms with Gasteiger partial charge in [0.2, 0.25) is 0 Å². The highest BCUT2D eigenvalue weighted by atomic mass is 32.1. The number of aliphatic imine (C=N–C) groups is 1. The topological polar surface area (TPSA) is 84.7 Å². The fourth-order valence-electron chi connectivity index (χ4n) is 1.19. The van der Waals surface area contributed by atoms with Crippen molar-refractivity contribution < 1.29 is 14.6 Å². The maximum absolute atomic E-state index is 11.6. The minimum Gasteiger partial charge on any atom is -0.505 e. The summed E-state index contributed by atoms with van der Waals surface area (Å²) < 4.78 is 8.32. The van der Waals surface area contributed by atoms with Crippen molar-refractivity contribution in [2.24, 2.45) is 4.99 Å². The van der Waals surface area contributed by atoms with Gasteiger partial charge in [0.1, 0.15) is 10.5 Å². The molecule has 1 aromatic rings. The zero-order chi connectivity index (χ0) is 13.0. The average molecular weight is 255 g/mol. The second kappa shape index (κ2) is 5.53. The van der Waals surface area contributed by atoms with Gasteiger partial charge in [-0.3, -0.25) is 4.99 Å². The van der Waals surface area contributed by atoms with Crippen molar-refractivity contribution in [3.8, 4) is 0 Å². The lowest BCUT2D eigenvalue weighted by Crippen LogP contribution is -2.14. The number of aryl methyl sites for hydroxylation is 1. The Hall–Kier alpha value is -1.76. The van der Waals surface area contributed by atoms with E-state index in [-0.39, 0.29) is 11.3 Å². The van der Waals surface area contributed by atoms with Crippen LogP contribution in [0.4, 0.5) is 0 Å². The Labute approximate surface area is 103 Å². The molecule has 0 aromatic carbocycles. The number of rotatable bonds is 3. The molecule has 0 radical (unpaired) electrons. The number of nitrogens with zero attached hydrogens (tertiary/aromatic N) is 3. The van der Waals surface area contributed by atoms with Crippen molar-refractivity contribution in [1.82, 2.24) is 9.59 Å². The third-order valence-corrected chi connectivity index (χ3v) is 3.02. The number of ether oxygens (including phenoxy) is 1. The Morgan fingerprint density at radius 2 is 2.18 bits per heavy atom. The summed E-state index contributed by atoms with van der Waals surface area (Å²) in [6.45, 7) is 3.31. The Kier molecular flexibility index (Phi) is 4.33. The number of aromatic nitrogens is 2. The van der Waals surface area contributed by atoms with Crippen LogP contribution in [0.3, 0.4) is 0 Å². The van der Waals surface area contributed by atoms with E-state index in [1.54, 1.807) is 13.8 Å². The van der Waals surface area contributed by atoms with Crippen molar-refractivity contribution in [1.29, 1.82) is 0 Å². The molecule has 0 aliphatic rings. The number of aliphatic hydroxyl groups excluding tert-OH is 1. The van der Waals surface area contributed by atoms with Crippen LogP contribution < -0.4 is 0 Å². The predicted octanol–water partition coefficient (Wildman–Crippen LogP) is 1.38. The van der Waals surface area contributed by atoms with Gasteiger partial charge in [-0.05, 0) is 25.4 Å². The van der Waals surface area contributed by atoms with Crippen LogP contribution in [0.5, 0.6) is 0 Å². The predicted molar refractivity (Wildman–Crippen MR) is 65.2 cm³/mol. The summed E-state index contributed by atoms with van der Waals surface area (Å²) in [6.07, 6.45) is 0. The van der Waals surface area contributed by atoms with Gasteiger partial charge in [0.05, 0.1) is 12.8 Å². The second-order valence-electron chi connectivity index (χ2n) is 3.21. The number of hydrogen-bond acceptors (Lipinski definition) is 7. The number of carbonyl (C=O) groups excluding carboxylic acids is 1. The maximum Gasteiger partial charge on any atom is 0.343 e. The molecule has 7 heteroatoms. The van der Waals surface area contributed by atoms with Crippen LogP contribution in [0, 0.1) is 6.92 Å². The van der Waals surface area contributed by atoms with E-state index in [1.165, 1.54) is 14.2 Å². The highest BCUT2D eigenvalue weighted by Crippen LogP contribution is 2.23. The van der Waals surface area contributed by atoms with Gasteiger partial charge in [0, 0.05) is 12.8 Å². The largest absolute Gasteiger partial charge is 0.505 e. The van der Waals surface area contributed by atoms with Crippen molar-refractivity contribution >= 4 is 29.0 Å². The first-order valence-corrected chi connectivity index (χ1v) is 5.54. The van der Waals surface area contributed by atoms with E-state index in [0.29, 0.717) is 16.3 Å². The van der Waals surface area contributed by atoms with Crippen LogP contribution in [-0.4, -0.2) is 40.5 Å². The second-order valence-corrected chi connectivity index (χ2v) is 3.97. The molecule has 0 atom stereocenters. The van der Waals surface area contributed by atoms with Gasteiger partial charge in [0.25, 0.3) is 0 Å². The van der Waals surface area contributed by atoms with Crippen LogP contribution in [0.15, 0.2) is 10.6 Å². The molecule has 92 valence electrons. The molecule has 1 aromatic heterocycles. The van der Waals surface area contributed by atoms with Gasteiger partial charge >= 0.3 is 5.97 Å². The van der Waals surface area contributed by atoms with Gasteiger partial charge in [-0.25, -0.2) is 4.79 Å². The number of esters is 1. The highest BCUT2D eigenvalue weighted by molar-refractivity contribution is 7.06. The van der Waals surface area contributed by atoms with E-state index in [9.17, 15) is 9.90 Å². The Morgan fingerprint density at radius 3 is 2.59 bits per heavy atom. The van der Waals surface area contributed by atoms with E-state index in [4.69, 9.17) is 0 Å². The average Bonchev–Trinajstić information content (AvgIpc) is 2.74. The van der Waals surface area contributed by atoms with Gasteiger partial charge in [0.15, 0.2) is 5.76 Å². The molecule has 0 bridgehead atoms. The Balaban J connectivity index is 3.39. The molecular weight excluding hydrogens is 242 g/mol. The molecule has 17 heavy (non-hydrogen) atoms. The molecule has 1 N–H and O–H groups in total. The number of aliphatic hydroxyl groups is 1. The zero-order valence-electron chi connectivity index (χ0n) is 10.0. The van der Waals surface area contributed by atoms with Gasteiger partial charge < -0.3 is 9.84 Å². The summed E-state index contributed by atoms with van der Waals surface area (Å²) in [6, 6.07) is 0. The van der Waals surface area contributed by atoms with Crippen molar-refractivity contribution in [2.75, 3.05) is 14.2 Å². The van der Waals surface area contributed by atoms with Crippen molar-refractivity contribution in [2.45, 2.75) is 13.8 Å². The summed E-state index contributed by atoms with van der Waals surface area (Å²) >= 11 is 1.01. The van der Waals surface area contributed by atoms with Crippen molar-refractivity contribution in [3.05, 3.63) is 16.1 Å². The number of hydrogen-bond donors (Lipinski definition) is 1. The summed E-state index contributed by atoms with van der Waals surface area (Å²) in [7, 11) is 2.78. The molecular formula is C10H13N3O3S. The molecule has 1 heterocycles. The standard InChI is InChI=1S/C10H13N3O3S/c1-5(11-3)7(10(15)16-4)8(14)9-6(2)12-13-17-9/h14H,1-4H3. The van der Waals surface area contributed by atoms with E-state index >= 15 is 0 Å². The molecule has 0 aliphatic carbocycles. The fourth-order valence-corrected chi connectivity index (χ4v) is 1.80. The first-order chi connectivity index (χ1) is 8.02. The molecule has 0 fully saturated rings. The first-order valence-electron chi connectivity index (χ1n) is 4.77. The molecule has 1 rings (SSSR count). The Morgan fingerprint density at radius 1 is 1.53 bits per heavy atom. The lowest BCUT2D eigenvalue weighted by atomic mass is 10.1.